The number of aromatic nitrogens is 1. The largest absolute Gasteiger partial charge is 0.436 e. The lowest BCUT2D eigenvalue weighted by atomic mass is 10.1. The predicted octanol–water partition coefficient (Wildman–Crippen LogP) is 5.76. The van der Waals surface area contributed by atoms with E-state index in [9.17, 15) is 4.79 Å². The quantitative estimate of drug-likeness (QED) is 0.466. The maximum absolute atomic E-state index is 12.3. The highest BCUT2D eigenvalue weighted by Gasteiger charge is 2.11. The van der Waals surface area contributed by atoms with Gasteiger partial charge in [-0.2, -0.15) is 0 Å². The van der Waals surface area contributed by atoms with Crippen molar-refractivity contribution in [2.75, 3.05) is 5.32 Å². The normalized spacial score (nSPS) is 11.2. The summed E-state index contributed by atoms with van der Waals surface area (Å²) in [5.74, 6) is 0.355. The number of nitrogens with one attached hydrogen (secondary N) is 1. The summed E-state index contributed by atoms with van der Waals surface area (Å²) in [4.78, 5) is 16.9. The van der Waals surface area contributed by atoms with Gasteiger partial charge in [-0.05, 0) is 60.9 Å². The topological polar surface area (TPSA) is 55.1 Å². The fraction of sp³-hybridized carbons (Fsp3) is 0.0833. The molecule has 0 aliphatic rings. The number of hydrogen-bond donors (Lipinski definition) is 1. The van der Waals surface area contributed by atoms with Gasteiger partial charge in [-0.25, -0.2) is 4.98 Å². The standard InChI is InChI=1S/C24H20N2O2/c1-16-8-12-22-21(14-16)26-24(28-22)19-11-9-17(2)20(15-19)25-23(27)13-10-18-6-4-3-5-7-18/h3-15H,1-2H3,(H,25,27). The number of nitrogens with zero attached hydrogens (tertiary/aromatic N) is 1. The average molecular weight is 368 g/mol. The number of aryl methyl sites for hydroxylation is 2. The first-order chi connectivity index (χ1) is 13.6. The predicted molar refractivity (Wildman–Crippen MR) is 113 cm³/mol. The number of hydrogen-bond acceptors (Lipinski definition) is 3. The molecular weight excluding hydrogens is 348 g/mol. The summed E-state index contributed by atoms with van der Waals surface area (Å²) in [5, 5.41) is 2.94. The molecule has 1 heterocycles. The second kappa shape index (κ2) is 7.53. The summed E-state index contributed by atoms with van der Waals surface area (Å²) < 4.78 is 5.88. The van der Waals surface area contributed by atoms with Gasteiger partial charge in [0.15, 0.2) is 5.58 Å². The second-order valence-electron chi connectivity index (χ2n) is 6.75. The van der Waals surface area contributed by atoms with Crippen molar-refractivity contribution in [1.82, 2.24) is 4.98 Å². The molecule has 0 saturated heterocycles. The van der Waals surface area contributed by atoms with Crippen molar-refractivity contribution < 1.29 is 9.21 Å². The van der Waals surface area contributed by atoms with Crippen molar-refractivity contribution >= 4 is 28.8 Å². The van der Waals surface area contributed by atoms with Gasteiger partial charge in [-0.3, -0.25) is 4.79 Å². The highest BCUT2D eigenvalue weighted by Crippen LogP contribution is 2.28. The van der Waals surface area contributed by atoms with Gasteiger partial charge in [0.1, 0.15) is 5.52 Å². The van der Waals surface area contributed by atoms with Crippen LogP contribution in [0.2, 0.25) is 0 Å². The molecule has 1 amide bonds. The molecule has 4 heteroatoms. The van der Waals surface area contributed by atoms with Gasteiger partial charge in [0.25, 0.3) is 0 Å². The molecule has 0 unspecified atom stereocenters. The summed E-state index contributed by atoms with van der Waals surface area (Å²) >= 11 is 0. The van der Waals surface area contributed by atoms with Crippen LogP contribution in [0.4, 0.5) is 5.69 Å². The molecule has 1 aromatic heterocycles. The van der Waals surface area contributed by atoms with E-state index < -0.39 is 0 Å². The molecule has 4 rings (SSSR count). The van der Waals surface area contributed by atoms with E-state index in [2.05, 4.69) is 10.3 Å². The number of benzene rings is 3. The first-order valence-corrected chi connectivity index (χ1v) is 9.11. The fourth-order valence-electron chi connectivity index (χ4n) is 2.96. The molecule has 4 aromatic rings. The van der Waals surface area contributed by atoms with E-state index in [1.807, 2.05) is 80.6 Å². The summed E-state index contributed by atoms with van der Waals surface area (Å²) in [5.41, 5.74) is 6.21. The lowest BCUT2D eigenvalue weighted by molar-refractivity contribution is -0.111. The van der Waals surface area contributed by atoms with Gasteiger partial charge in [0.05, 0.1) is 0 Å². The molecule has 0 fully saturated rings. The lowest BCUT2D eigenvalue weighted by Crippen LogP contribution is -2.09. The number of carbonyl (C=O) groups is 1. The Morgan fingerprint density at radius 2 is 1.82 bits per heavy atom. The van der Waals surface area contributed by atoms with E-state index in [1.54, 1.807) is 6.08 Å². The SMILES string of the molecule is Cc1ccc2oc(-c3ccc(C)c(NC(=O)C=Cc4ccccc4)c3)nc2c1. The van der Waals surface area contributed by atoms with E-state index in [4.69, 9.17) is 4.42 Å². The number of rotatable bonds is 4. The van der Waals surface area contributed by atoms with Gasteiger partial charge in [0, 0.05) is 17.3 Å². The molecule has 3 aromatic carbocycles. The highest BCUT2D eigenvalue weighted by atomic mass is 16.3. The number of anilines is 1. The van der Waals surface area contributed by atoms with Crippen LogP contribution in [0.5, 0.6) is 0 Å². The molecule has 0 spiro atoms. The van der Waals surface area contributed by atoms with E-state index in [0.717, 1.165) is 39.0 Å². The molecule has 4 nitrogen and oxygen atoms in total. The minimum absolute atomic E-state index is 0.183. The Bertz CT molecular complexity index is 1170. The zero-order chi connectivity index (χ0) is 19.5. The molecule has 0 aliphatic heterocycles. The second-order valence-corrected chi connectivity index (χ2v) is 6.75. The van der Waals surface area contributed by atoms with Crippen LogP contribution in [0.3, 0.4) is 0 Å². The van der Waals surface area contributed by atoms with Gasteiger partial charge >= 0.3 is 0 Å². The Labute approximate surface area is 163 Å². The average Bonchev–Trinajstić information content (AvgIpc) is 3.12. The summed E-state index contributed by atoms with van der Waals surface area (Å²) in [7, 11) is 0. The Morgan fingerprint density at radius 1 is 1.00 bits per heavy atom. The Hall–Kier alpha value is -3.66. The summed E-state index contributed by atoms with van der Waals surface area (Å²) in [6, 6.07) is 21.4. The zero-order valence-corrected chi connectivity index (χ0v) is 15.8. The number of oxazole rings is 1. The Balaban J connectivity index is 1.58. The first kappa shape index (κ1) is 17.7. The molecule has 0 atom stereocenters. The van der Waals surface area contributed by atoms with E-state index in [1.165, 1.54) is 6.08 Å². The van der Waals surface area contributed by atoms with Crippen LogP contribution in [0.1, 0.15) is 16.7 Å². The minimum Gasteiger partial charge on any atom is -0.436 e. The van der Waals surface area contributed by atoms with E-state index in [-0.39, 0.29) is 5.91 Å². The van der Waals surface area contributed by atoms with Gasteiger partial charge in [-0.15, -0.1) is 0 Å². The smallest absolute Gasteiger partial charge is 0.248 e. The molecule has 0 saturated carbocycles. The van der Waals surface area contributed by atoms with Crippen molar-refractivity contribution in [2.45, 2.75) is 13.8 Å². The third kappa shape index (κ3) is 3.86. The van der Waals surface area contributed by atoms with Crippen LogP contribution in [0, 0.1) is 13.8 Å². The monoisotopic (exact) mass is 368 g/mol. The molecular formula is C24H20N2O2. The Morgan fingerprint density at radius 3 is 2.64 bits per heavy atom. The van der Waals surface area contributed by atoms with Crippen molar-refractivity contribution in [3.05, 3.63) is 89.5 Å². The minimum atomic E-state index is -0.183. The van der Waals surface area contributed by atoms with Crippen LogP contribution in [-0.2, 0) is 4.79 Å². The van der Waals surface area contributed by atoms with Crippen molar-refractivity contribution in [2.24, 2.45) is 0 Å². The van der Waals surface area contributed by atoms with Crippen molar-refractivity contribution in [3.8, 4) is 11.5 Å². The molecule has 1 N–H and O–H groups in total. The number of amides is 1. The van der Waals surface area contributed by atoms with Crippen LogP contribution < -0.4 is 5.32 Å². The highest BCUT2D eigenvalue weighted by molar-refractivity contribution is 6.02. The zero-order valence-electron chi connectivity index (χ0n) is 15.8. The van der Waals surface area contributed by atoms with Gasteiger partial charge < -0.3 is 9.73 Å². The molecule has 0 aliphatic carbocycles. The first-order valence-electron chi connectivity index (χ1n) is 9.11. The third-order valence-electron chi connectivity index (χ3n) is 4.51. The molecule has 28 heavy (non-hydrogen) atoms. The molecule has 138 valence electrons. The fourth-order valence-corrected chi connectivity index (χ4v) is 2.96. The molecule has 0 bridgehead atoms. The van der Waals surface area contributed by atoms with Crippen LogP contribution >= 0.6 is 0 Å². The molecule has 0 radical (unpaired) electrons. The summed E-state index contributed by atoms with van der Waals surface area (Å²) in [6.07, 6.45) is 3.32. The third-order valence-corrected chi connectivity index (χ3v) is 4.51. The maximum Gasteiger partial charge on any atom is 0.248 e. The van der Waals surface area contributed by atoms with Crippen LogP contribution in [-0.4, -0.2) is 10.9 Å². The Kier molecular flexibility index (Phi) is 4.77. The van der Waals surface area contributed by atoms with Crippen molar-refractivity contribution in [1.29, 1.82) is 0 Å². The lowest BCUT2D eigenvalue weighted by Gasteiger charge is -2.08. The summed E-state index contributed by atoms with van der Waals surface area (Å²) in [6.45, 7) is 3.98. The number of carbonyl (C=O) groups excluding carboxylic acids is 1. The van der Waals surface area contributed by atoms with Crippen molar-refractivity contribution in [3.63, 3.8) is 0 Å². The van der Waals surface area contributed by atoms with Gasteiger partial charge in [0.2, 0.25) is 11.8 Å². The van der Waals surface area contributed by atoms with Gasteiger partial charge in [-0.1, -0.05) is 42.5 Å². The maximum atomic E-state index is 12.3. The van der Waals surface area contributed by atoms with E-state index in [0.29, 0.717) is 5.89 Å². The number of fused-ring (bicyclic) bond motifs is 1. The van der Waals surface area contributed by atoms with Crippen LogP contribution in [0.15, 0.2) is 77.2 Å². The van der Waals surface area contributed by atoms with E-state index >= 15 is 0 Å². The van der Waals surface area contributed by atoms with Crippen LogP contribution in [0.25, 0.3) is 28.6 Å².